The third kappa shape index (κ3) is 61.5. The minimum Gasteiger partial charge on any atom is -0.456 e. The Morgan fingerprint density at radius 1 is 0.439 bits per heavy atom. The van der Waals surface area contributed by atoms with Gasteiger partial charge in [0.1, 0.15) is 19.3 Å². The smallest absolute Gasteiger partial charge is 0.456 e. The second kappa shape index (κ2) is 61.0. The molecule has 0 aromatic rings. The van der Waals surface area contributed by atoms with E-state index in [0.717, 1.165) is 89.9 Å². The number of carbonyl (C=O) groups is 2. The number of hydrogen-bond donors (Lipinski definition) is 2. The summed E-state index contributed by atoms with van der Waals surface area (Å²) in [5, 5.41) is 3.06. The molecule has 0 bridgehead atoms. The van der Waals surface area contributed by atoms with E-state index >= 15 is 0 Å². The quantitative estimate of drug-likeness (QED) is 0.0205. The molecule has 0 aliphatic heterocycles. The van der Waals surface area contributed by atoms with Crippen LogP contribution in [0.15, 0.2) is 97.2 Å². The molecule has 0 aromatic carbocycles. The first-order valence-corrected chi connectivity index (χ1v) is 35.6. The summed E-state index contributed by atoms with van der Waals surface area (Å²) in [6.45, 7) is 6.88. The molecule has 0 fully saturated rings. The van der Waals surface area contributed by atoms with Gasteiger partial charge >= 0.3 is 13.8 Å². The highest BCUT2D eigenvalue weighted by Gasteiger charge is 2.30. The van der Waals surface area contributed by atoms with Crippen LogP contribution in [0.2, 0.25) is 0 Å². The Morgan fingerprint density at radius 3 is 1.20 bits per heavy atom. The van der Waals surface area contributed by atoms with Crippen LogP contribution in [0.4, 0.5) is 0 Å². The Balaban J connectivity index is 5.20. The Bertz CT molecular complexity index is 1720. The summed E-state index contributed by atoms with van der Waals surface area (Å²) in [7, 11) is 1.47. The predicted octanol–water partition coefficient (Wildman–Crippen LogP) is 21.5. The molecule has 2 N–H and O–H groups in total. The van der Waals surface area contributed by atoms with Crippen LogP contribution in [-0.2, 0) is 27.9 Å². The number of allylic oxidation sites excluding steroid dienone is 15. The number of phosphoric ester groups is 1. The number of rotatable bonds is 61. The average Bonchev–Trinajstić information content (AvgIpc) is 3.44. The highest BCUT2D eigenvalue weighted by Crippen LogP contribution is 2.43. The zero-order valence-electron chi connectivity index (χ0n) is 54.2. The van der Waals surface area contributed by atoms with Crippen molar-refractivity contribution < 1.29 is 37.3 Å². The highest BCUT2D eigenvalue weighted by atomic mass is 31.2. The van der Waals surface area contributed by atoms with Crippen molar-refractivity contribution in [2.45, 2.75) is 309 Å². The van der Waals surface area contributed by atoms with Gasteiger partial charge in [-0.1, -0.05) is 272 Å². The van der Waals surface area contributed by atoms with Crippen LogP contribution < -0.4 is 5.32 Å². The third-order valence-electron chi connectivity index (χ3n) is 14.8. The summed E-state index contributed by atoms with van der Waals surface area (Å²) in [4.78, 5) is 37.8. The maximum absolute atomic E-state index is 13.6. The minimum atomic E-state index is -4.47. The highest BCUT2D eigenvalue weighted by molar-refractivity contribution is 7.47. The Kier molecular flexibility index (Phi) is 58.7. The number of nitrogens with zero attached hydrogens (tertiary/aromatic N) is 1. The standard InChI is InChI=1S/C72H129N2O7P/c1-7-10-13-16-19-22-25-28-30-32-34-36-37-39-40-42-44-46-49-52-55-58-61-64-71(75)73-69(68-80-82(77,78)79-67-66-74(4,5)6)70(63-60-57-54-51-48-27-24-21-18-15-12-9-3)81-72(76)65-62-59-56-53-50-47-45-43-41-38-35-33-31-29-26-23-20-17-14-11-8-2/h11,14,20,23,28-31,35,38,43,45,50,53,60,63,69-70H,7-10,12-13,15-19,21-22,24-27,32-34,36-37,39-42,44,46-49,51-52,54-59,61-62,64-68H2,1-6H3,(H-,73,75,77,78)/p+1/b14-11-,23-20-,30-28+,31-29-,38-35-,45-43-,53-50-,63-60+. The van der Waals surface area contributed by atoms with E-state index in [1.54, 1.807) is 0 Å². The van der Waals surface area contributed by atoms with Crippen molar-refractivity contribution >= 4 is 19.7 Å². The summed E-state index contributed by atoms with van der Waals surface area (Å²) in [6, 6.07) is -0.872. The van der Waals surface area contributed by atoms with E-state index in [4.69, 9.17) is 13.8 Å². The number of phosphoric acid groups is 1. The minimum absolute atomic E-state index is 0.0297. The fourth-order valence-electron chi connectivity index (χ4n) is 9.53. The molecular formula is C72H130N2O7P+. The first-order valence-electron chi connectivity index (χ1n) is 34.1. The van der Waals surface area contributed by atoms with E-state index in [2.05, 4.69) is 111 Å². The van der Waals surface area contributed by atoms with E-state index in [1.807, 2.05) is 33.3 Å². The van der Waals surface area contributed by atoms with Crippen LogP contribution in [0, 0.1) is 0 Å². The molecular weight excluding hydrogens is 1040 g/mol. The summed E-state index contributed by atoms with van der Waals surface area (Å²) in [5.41, 5.74) is 0. The molecule has 0 aliphatic rings. The zero-order chi connectivity index (χ0) is 60.0. The van der Waals surface area contributed by atoms with E-state index in [9.17, 15) is 19.0 Å². The molecule has 0 rings (SSSR count). The predicted molar refractivity (Wildman–Crippen MR) is 355 cm³/mol. The Morgan fingerprint density at radius 2 is 0.780 bits per heavy atom. The summed E-state index contributed by atoms with van der Waals surface area (Å²) in [5.74, 6) is -0.553. The van der Waals surface area contributed by atoms with Gasteiger partial charge in [-0.15, -0.1) is 0 Å². The zero-order valence-corrected chi connectivity index (χ0v) is 55.1. The Labute approximate surface area is 507 Å². The van der Waals surface area contributed by atoms with Crippen molar-refractivity contribution in [2.75, 3.05) is 40.9 Å². The van der Waals surface area contributed by atoms with E-state index in [0.29, 0.717) is 23.9 Å². The lowest BCUT2D eigenvalue weighted by atomic mass is 10.0. The lowest BCUT2D eigenvalue weighted by Crippen LogP contribution is -2.47. The maximum Gasteiger partial charge on any atom is 0.472 e. The summed E-state index contributed by atoms with van der Waals surface area (Å²) < 4.78 is 30.7. The van der Waals surface area contributed by atoms with Gasteiger partial charge in [0, 0.05) is 12.8 Å². The molecule has 9 nitrogen and oxygen atoms in total. The number of esters is 1. The molecule has 1 amide bonds. The van der Waals surface area contributed by atoms with Gasteiger partial charge in [0.05, 0.1) is 33.8 Å². The third-order valence-corrected chi connectivity index (χ3v) is 15.7. The lowest BCUT2D eigenvalue weighted by molar-refractivity contribution is -0.870. The fraction of sp³-hybridized carbons (Fsp3) is 0.750. The van der Waals surface area contributed by atoms with Crippen LogP contribution in [0.25, 0.3) is 0 Å². The number of likely N-dealkylation sites (N-methyl/N-ethyl adjacent to an activating group) is 1. The van der Waals surface area contributed by atoms with Gasteiger partial charge < -0.3 is 19.4 Å². The van der Waals surface area contributed by atoms with Crippen molar-refractivity contribution in [1.29, 1.82) is 0 Å². The van der Waals surface area contributed by atoms with Crippen LogP contribution >= 0.6 is 7.82 Å². The van der Waals surface area contributed by atoms with Crippen LogP contribution in [-0.4, -0.2) is 74.3 Å². The second-order valence-electron chi connectivity index (χ2n) is 24.0. The van der Waals surface area contributed by atoms with Crippen molar-refractivity contribution in [3.63, 3.8) is 0 Å². The SMILES string of the molecule is CC/C=C\C/C=C\C/C=C\C/C=C\C/C=C\C/C=C\CCCCC(=O)OC(/C=C/CCCCCCCCCCCC)C(COP(=O)(O)OCC[N+](C)(C)C)NC(=O)CCCCCCCCCCCCCCC/C=C/CCCCCCCC. The van der Waals surface area contributed by atoms with Gasteiger partial charge in [0.25, 0.3) is 0 Å². The van der Waals surface area contributed by atoms with Crippen molar-refractivity contribution in [3.05, 3.63) is 97.2 Å². The molecule has 0 saturated heterocycles. The molecule has 10 heteroatoms. The van der Waals surface area contributed by atoms with Gasteiger partial charge in [0.15, 0.2) is 0 Å². The fourth-order valence-corrected chi connectivity index (χ4v) is 10.3. The number of carbonyl (C=O) groups excluding carboxylic acids is 2. The van der Waals surface area contributed by atoms with Crippen LogP contribution in [0.1, 0.15) is 297 Å². The molecule has 0 radical (unpaired) electrons. The van der Waals surface area contributed by atoms with Gasteiger partial charge in [-0.3, -0.25) is 18.6 Å². The number of unbranched alkanes of at least 4 members (excludes halogenated alkanes) is 31. The van der Waals surface area contributed by atoms with E-state index in [1.165, 1.54) is 167 Å². The number of quaternary nitrogens is 1. The number of hydrogen-bond acceptors (Lipinski definition) is 6. The lowest BCUT2D eigenvalue weighted by Gasteiger charge is -2.27. The number of ether oxygens (including phenoxy) is 1. The maximum atomic E-state index is 13.6. The summed E-state index contributed by atoms with van der Waals surface area (Å²) >= 11 is 0. The first-order chi connectivity index (χ1) is 39.9. The number of nitrogens with one attached hydrogen (secondary N) is 1. The number of amides is 1. The molecule has 0 aromatic heterocycles. The van der Waals surface area contributed by atoms with Crippen molar-refractivity contribution in [2.24, 2.45) is 0 Å². The normalized spacial score (nSPS) is 14.2. The largest absolute Gasteiger partial charge is 0.472 e. The topological polar surface area (TPSA) is 111 Å². The molecule has 0 aliphatic carbocycles. The van der Waals surface area contributed by atoms with E-state index < -0.39 is 20.0 Å². The van der Waals surface area contributed by atoms with Crippen molar-refractivity contribution in [3.8, 4) is 0 Å². The molecule has 0 spiro atoms. The average molecular weight is 1170 g/mol. The van der Waals surface area contributed by atoms with Gasteiger partial charge in [-0.05, 0) is 109 Å². The monoisotopic (exact) mass is 1170 g/mol. The molecule has 0 heterocycles. The molecule has 0 saturated carbocycles. The Hall–Kier alpha value is -3.07. The molecule has 3 atom stereocenters. The second-order valence-corrected chi connectivity index (χ2v) is 25.4. The van der Waals surface area contributed by atoms with Gasteiger partial charge in [-0.2, -0.15) is 0 Å². The molecule has 82 heavy (non-hydrogen) atoms. The van der Waals surface area contributed by atoms with Crippen molar-refractivity contribution in [1.82, 2.24) is 5.32 Å². The van der Waals surface area contributed by atoms with Gasteiger partial charge in [0.2, 0.25) is 5.91 Å². The van der Waals surface area contributed by atoms with E-state index in [-0.39, 0.29) is 31.5 Å². The molecule has 474 valence electrons. The summed E-state index contributed by atoms with van der Waals surface area (Å²) in [6.07, 6.45) is 82.8. The first kappa shape index (κ1) is 78.9. The van der Waals surface area contributed by atoms with Crippen LogP contribution in [0.3, 0.4) is 0 Å². The molecule has 3 unspecified atom stereocenters. The van der Waals surface area contributed by atoms with Crippen LogP contribution in [0.5, 0.6) is 0 Å². The van der Waals surface area contributed by atoms with Gasteiger partial charge in [-0.25, -0.2) is 4.57 Å².